The molecular weight excluding hydrogens is 221 g/mol. The number of hydrogen-bond acceptors (Lipinski definition) is 4. The van der Waals surface area contributed by atoms with Crippen molar-refractivity contribution in [2.24, 2.45) is 16.7 Å². The van der Waals surface area contributed by atoms with Crippen LogP contribution in [-0.4, -0.2) is 17.0 Å². The number of rotatable bonds is 3. The summed E-state index contributed by atoms with van der Waals surface area (Å²) in [5, 5.41) is 5.23. The lowest BCUT2D eigenvalue weighted by Gasteiger charge is -2.13. The molecular formula is C11H16FN5. The molecule has 1 aromatic rings. The fourth-order valence-corrected chi connectivity index (χ4v) is 1.48. The van der Waals surface area contributed by atoms with Crippen molar-refractivity contribution in [3.63, 3.8) is 0 Å². The van der Waals surface area contributed by atoms with Gasteiger partial charge in [-0.2, -0.15) is 0 Å². The van der Waals surface area contributed by atoms with E-state index in [9.17, 15) is 4.39 Å². The number of hydrazine groups is 1. The lowest BCUT2D eigenvalue weighted by molar-refractivity contribution is 0.288. The van der Waals surface area contributed by atoms with E-state index in [4.69, 9.17) is 17.3 Å². The number of aryl methyl sites for hydroxylation is 1. The number of amidine groups is 1. The number of hydrogen-bond donors (Lipinski definition) is 3. The third-order valence-electron chi connectivity index (χ3n) is 2.78. The van der Waals surface area contributed by atoms with Crippen LogP contribution in [-0.2, 0) is 0 Å². The standard InChI is InChI=1S/C11H16FN5/c1-6-4-9(12)8(5-10(6)13)11(14)16-17(15)7-2-3-7/h4-5,7H,2-3,13,15H2,1H3,(H2,14,16). The van der Waals surface area contributed by atoms with E-state index in [1.807, 2.05) is 0 Å². The van der Waals surface area contributed by atoms with Gasteiger partial charge >= 0.3 is 0 Å². The Morgan fingerprint density at radius 1 is 1.47 bits per heavy atom. The third kappa shape index (κ3) is 2.47. The molecule has 0 aromatic heterocycles. The third-order valence-corrected chi connectivity index (χ3v) is 2.78. The van der Waals surface area contributed by atoms with Gasteiger partial charge in [-0.25, -0.2) is 15.4 Å². The summed E-state index contributed by atoms with van der Waals surface area (Å²) >= 11 is 0. The van der Waals surface area contributed by atoms with Gasteiger partial charge in [-0.05, 0) is 37.5 Å². The molecule has 0 atom stereocenters. The molecule has 1 aromatic carbocycles. The second-order valence-corrected chi connectivity index (χ2v) is 4.29. The maximum Gasteiger partial charge on any atom is 0.155 e. The van der Waals surface area contributed by atoms with Crippen LogP contribution in [0.1, 0.15) is 24.0 Å². The van der Waals surface area contributed by atoms with Crippen molar-refractivity contribution in [1.29, 1.82) is 0 Å². The number of anilines is 1. The first-order valence-corrected chi connectivity index (χ1v) is 5.43. The predicted molar refractivity (Wildman–Crippen MR) is 65.3 cm³/mol. The fraction of sp³-hybridized carbons (Fsp3) is 0.364. The number of nitrogens with zero attached hydrogens (tertiary/aromatic N) is 2. The van der Waals surface area contributed by atoms with E-state index < -0.39 is 5.82 Å². The first kappa shape index (κ1) is 11.7. The number of hydrazone groups is 1. The van der Waals surface area contributed by atoms with Gasteiger partial charge in [0.05, 0.1) is 11.6 Å². The summed E-state index contributed by atoms with van der Waals surface area (Å²) in [6, 6.07) is 3.04. The van der Waals surface area contributed by atoms with Crippen LogP contribution in [0.2, 0.25) is 0 Å². The molecule has 1 aliphatic carbocycles. The predicted octanol–water partition coefficient (Wildman–Crippen LogP) is 0.675. The number of halogens is 1. The Morgan fingerprint density at radius 2 is 2.12 bits per heavy atom. The summed E-state index contributed by atoms with van der Waals surface area (Å²) in [4.78, 5) is 0. The highest BCUT2D eigenvalue weighted by atomic mass is 19.1. The van der Waals surface area contributed by atoms with Crippen LogP contribution in [0.5, 0.6) is 0 Å². The molecule has 1 fully saturated rings. The van der Waals surface area contributed by atoms with Gasteiger partial charge in [0.15, 0.2) is 5.84 Å². The molecule has 2 rings (SSSR count). The summed E-state index contributed by atoms with van der Waals surface area (Å²) in [7, 11) is 0. The summed E-state index contributed by atoms with van der Waals surface area (Å²) < 4.78 is 13.7. The van der Waals surface area contributed by atoms with Gasteiger partial charge in [-0.3, -0.25) is 0 Å². The first-order valence-electron chi connectivity index (χ1n) is 5.43. The highest BCUT2D eigenvalue weighted by Gasteiger charge is 2.27. The van der Waals surface area contributed by atoms with Crippen LogP contribution in [0.4, 0.5) is 10.1 Å². The van der Waals surface area contributed by atoms with Crippen LogP contribution in [0, 0.1) is 12.7 Å². The second-order valence-electron chi connectivity index (χ2n) is 4.29. The molecule has 0 amide bonds. The lowest BCUT2D eigenvalue weighted by Crippen LogP contribution is -2.31. The van der Waals surface area contributed by atoms with Crippen molar-refractivity contribution in [1.82, 2.24) is 5.12 Å². The van der Waals surface area contributed by atoms with Gasteiger partial charge in [-0.1, -0.05) is 0 Å². The zero-order valence-electron chi connectivity index (χ0n) is 9.65. The van der Waals surface area contributed by atoms with Crippen molar-refractivity contribution < 1.29 is 4.39 Å². The van der Waals surface area contributed by atoms with E-state index in [0.717, 1.165) is 12.8 Å². The minimum Gasteiger partial charge on any atom is -0.398 e. The molecule has 0 spiro atoms. The Bertz CT molecular complexity index is 467. The Kier molecular flexibility index (Phi) is 2.89. The van der Waals surface area contributed by atoms with E-state index in [2.05, 4.69) is 5.10 Å². The Morgan fingerprint density at radius 3 is 2.71 bits per heavy atom. The van der Waals surface area contributed by atoms with E-state index in [0.29, 0.717) is 11.3 Å². The maximum atomic E-state index is 13.7. The normalized spacial score (nSPS) is 16.1. The zero-order chi connectivity index (χ0) is 12.6. The van der Waals surface area contributed by atoms with E-state index in [-0.39, 0.29) is 17.4 Å². The molecule has 1 saturated carbocycles. The largest absolute Gasteiger partial charge is 0.398 e. The molecule has 6 N–H and O–H groups in total. The molecule has 5 nitrogen and oxygen atoms in total. The Hall–Kier alpha value is -1.82. The Balaban J connectivity index is 2.29. The molecule has 0 aliphatic heterocycles. The second kappa shape index (κ2) is 4.21. The summed E-state index contributed by atoms with van der Waals surface area (Å²) in [5.74, 6) is 5.25. The molecule has 1 aliphatic rings. The minimum absolute atomic E-state index is 0.0450. The monoisotopic (exact) mass is 237 g/mol. The van der Waals surface area contributed by atoms with Gasteiger partial charge in [0, 0.05) is 5.69 Å². The van der Waals surface area contributed by atoms with Crippen LogP contribution in [0.15, 0.2) is 17.2 Å². The quantitative estimate of drug-likeness (QED) is 0.237. The molecule has 0 radical (unpaired) electrons. The topological polar surface area (TPSA) is 93.7 Å². The molecule has 0 unspecified atom stereocenters. The molecule has 92 valence electrons. The van der Waals surface area contributed by atoms with Gasteiger partial charge in [0.2, 0.25) is 0 Å². The fourth-order valence-electron chi connectivity index (χ4n) is 1.48. The zero-order valence-corrected chi connectivity index (χ0v) is 9.65. The van der Waals surface area contributed by atoms with Crippen molar-refractivity contribution in [3.05, 3.63) is 29.1 Å². The molecule has 0 heterocycles. The molecule has 6 heteroatoms. The van der Waals surface area contributed by atoms with E-state index in [1.165, 1.54) is 17.3 Å². The van der Waals surface area contributed by atoms with Crippen LogP contribution in [0.3, 0.4) is 0 Å². The van der Waals surface area contributed by atoms with Gasteiger partial charge in [0.25, 0.3) is 0 Å². The van der Waals surface area contributed by atoms with Gasteiger partial charge in [-0.15, -0.1) is 5.10 Å². The van der Waals surface area contributed by atoms with Crippen LogP contribution < -0.4 is 17.3 Å². The smallest absolute Gasteiger partial charge is 0.155 e. The molecule has 17 heavy (non-hydrogen) atoms. The van der Waals surface area contributed by atoms with Crippen molar-refractivity contribution in [2.45, 2.75) is 25.8 Å². The van der Waals surface area contributed by atoms with Crippen molar-refractivity contribution >= 4 is 11.5 Å². The average molecular weight is 237 g/mol. The molecule has 0 saturated heterocycles. The Labute approximate surface area is 99.0 Å². The van der Waals surface area contributed by atoms with E-state index in [1.54, 1.807) is 6.92 Å². The summed E-state index contributed by atoms with van der Waals surface area (Å²) in [6.07, 6.45) is 1.98. The maximum absolute atomic E-state index is 13.7. The summed E-state index contributed by atoms with van der Waals surface area (Å²) in [6.45, 7) is 1.73. The van der Waals surface area contributed by atoms with Gasteiger partial charge < -0.3 is 11.5 Å². The lowest BCUT2D eigenvalue weighted by atomic mass is 10.1. The number of nitrogen functional groups attached to an aromatic ring is 1. The SMILES string of the molecule is Cc1cc(F)c(/C(N)=N/N(N)C2CC2)cc1N. The highest BCUT2D eigenvalue weighted by molar-refractivity contribution is 5.98. The van der Waals surface area contributed by atoms with Crippen LogP contribution in [0.25, 0.3) is 0 Å². The first-order chi connectivity index (χ1) is 7.99. The van der Waals surface area contributed by atoms with E-state index >= 15 is 0 Å². The van der Waals surface area contributed by atoms with Crippen molar-refractivity contribution in [2.75, 3.05) is 5.73 Å². The average Bonchev–Trinajstić information content (AvgIpc) is 3.06. The highest BCUT2D eigenvalue weighted by Crippen LogP contribution is 2.24. The van der Waals surface area contributed by atoms with Crippen LogP contribution >= 0.6 is 0 Å². The van der Waals surface area contributed by atoms with Gasteiger partial charge in [0.1, 0.15) is 5.82 Å². The molecule has 0 bridgehead atoms. The number of nitrogens with two attached hydrogens (primary N) is 3. The summed E-state index contributed by atoms with van der Waals surface area (Å²) in [5.41, 5.74) is 12.8. The number of benzene rings is 1. The van der Waals surface area contributed by atoms with Crippen molar-refractivity contribution in [3.8, 4) is 0 Å². The minimum atomic E-state index is -0.442.